The Morgan fingerprint density at radius 2 is 1.86 bits per heavy atom. The first kappa shape index (κ1) is 17.9. The van der Waals surface area contributed by atoms with Gasteiger partial charge in [0, 0.05) is 25.2 Å². The minimum atomic E-state index is 0.119. The average molecular weight is 292 g/mol. The van der Waals surface area contributed by atoms with E-state index in [4.69, 9.17) is 4.98 Å². The summed E-state index contributed by atoms with van der Waals surface area (Å²) in [5.74, 6) is 1.09. The lowest BCUT2D eigenvalue weighted by Gasteiger charge is -2.24. The maximum absolute atomic E-state index is 4.79. The third-order valence-electron chi connectivity index (χ3n) is 3.33. The zero-order chi connectivity index (χ0) is 15.9. The van der Waals surface area contributed by atoms with Crippen LogP contribution in [0.2, 0.25) is 0 Å². The molecule has 0 atom stereocenters. The predicted molar refractivity (Wildman–Crippen MR) is 91.9 cm³/mol. The van der Waals surface area contributed by atoms with E-state index in [1.165, 1.54) is 0 Å². The summed E-state index contributed by atoms with van der Waals surface area (Å²) in [6.07, 6.45) is 1.16. The molecule has 0 bridgehead atoms. The molecule has 21 heavy (non-hydrogen) atoms. The number of anilines is 1. The van der Waals surface area contributed by atoms with Crippen LogP contribution in [0.15, 0.2) is 18.2 Å². The topological polar surface area (TPSA) is 31.4 Å². The Kier molecular flexibility index (Phi) is 7.12. The molecule has 0 amide bonds. The van der Waals surface area contributed by atoms with E-state index < -0.39 is 0 Å². The maximum Gasteiger partial charge on any atom is 0.128 e. The Morgan fingerprint density at radius 3 is 2.43 bits per heavy atom. The molecule has 0 aliphatic rings. The highest BCUT2D eigenvalue weighted by molar-refractivity contribution is 5.39. The summed E-state index contributed by atoms with van der Waals surface area (Å²) in [6, 6.07) is 6.31. The van der Waals surface area contributed by atoms with Crippen LogP contribution in [0.1, 0.15) is 39.8 Å². The Balaban J connectivity index is 2.63. The summed E-state index contributed by atoms with van der Waals surface area (Å²) in [6.45, 7) is 12.7. The smallest absolute Gasteiger partial charge is 0.128 e. The summed E-state index contributed by atoms with van der Waals surface area (Å²) in [7, 11) is 4.24. The molecule has 1 heterocycles. The molecule has 0 spiro atoms. The lowest BCUT2D eigenvalue weighted by molar-refractivity contribution is 0.400. The fourth-order valence-electron chi connectivity index (χ4n) is 2.11. The van der Waals surface area contributed by atoms with Gasteiger partial charge in [-0.05, 0) is 66.9 Å². The van der Waals surface area contributed by atoms with Gasteiger partial charge < -0.3 is 15.1 Å². The molecule has 0 aromatic carbocycles. The van der Waals surface area contributed by atoms with Gasteiger partial charge in [0.05, 0.1) is 5.69 Å². The van der Waals surface area contributed by atoms with E-state index in [1.807, 2.05) is 0 Å². The van der Waals surface area contributed by atoms with Crippen molar-refractivity contribution in [2.24, 2.45) is 0 Å². The van der Waals surface area contributed by atoms with Crippen molar-refractivity contribution in [3.63, 3.8) is 0 Å². The van der Waals surface area contributed by atoms with Crippen molar-refractivity contribution in [3.05, 3.63) is 23.9 Å². The highest BCUT2D eigenvalue weighted by Gasteiger charge is 2.10. The minimum Gasteiger partial charge on any atom is -0.357 e. The lowest BCUT2D eigenvalue weighted by Crippen LogP contribution is -2.35. The van der Waals surface area contributed by atoms with Crippen LogP contribution in [-0.2, 0) is 6.54 Å². The fraction of sp³-hybridized carbons (Fsp3) is 0.706. The summed E-state index contributed by atoms with van der Waals surface area (Å²) >= 11 is 0. The van der Waals surface area contributed by atoms with Crippen molar-refractivity contribution in [2.45, 2.75) is 46.2 Å². The molecule has 1 rings (SSSR count). The monoisotopic (exact) mass is 292 g/mol. The number of nitrogens with one attached hydrogen (secondary N) is 1. The number of nitrogens with zero attached hydrogens (tertiary/aromatic N) is 3. The molecule has 1 N–H and O–H groups in total. The van der Waals surface area contributed by atoms with Crippen LogP contribution in [-0.4, -0.2) is 49.2 Å². The van der Waals surface area contributed by atoms with Gasteiger partial charge in [-0.1, -0.05) is 6.07 Å². The molecule has 1 aromatic heterocycles. The number of pyridine rings is 1. The van der Waals surface area contributed by atoms with Crippen molar-refractivity contribution >= 4 is 5.82 Å². The third-order valence-corrected chi connectivity index (χ3v) is 3.33. The normalized spacial score (nSPS) is 12.0. The van der Waals surface area contributed by atoms with Crippen LogP contribution in [0.3, 0.4) is 0 Å². The van der Waals surface area contributed by atoms with Crippen LogP contribution in [0.4, 0.5) is 5.82 Å². The second kappa shape index (κ2) is 8.35. The average Bonchev–Trinajstić information content (AvgIpc) is 2.41. The number of hydrogen-bond acceptors (Lipinski definition) is 4. The molecule has 0 fully saturated rings. The van der Waals surface area contributed by atoms with Gasteiger partial charge in [-0.2, -0.15) is 0 Å². The molecule has 0 saturated carbocycles. The van der Waals surface area contributed by atoms with Crippen molar-refractivity contribution in [3.8, 4) is 0 Å². The first-order chi connectivity index (χ1) is 9.81. The van der Waals surface area contributed by atoms with Gasteiger partial charge in [0.1, 0.15) is 5.82 Å². The van der Waals surface area contributed by atoms with Crippen molar-refractivity contribution in [2.75, 3.05) is 38.6 Å². The zero-order valence-corrected chi connectivity index (χ0v) is 14.6. The van der Waals surface area contributed by atoms with Crippen LogP contribution in [0.25, 0.3) is 0 Å². The first-order valence-electron chi connectivity index (χ1n) is 7.92. The van der Waals surface area contributed by atoms with Gasteiger partial charge in [0.25, 0.3) is 0 Å². The van der Waals surface area contributed by atoms with E-state index in [-0.39, 0.29) is 5.54 Å². The van der Waals surface area contributed by atoms with E-state index in [9.17, 15) is 0 Å². The molecule has 4 heteroatoms. The van der Waals surface area contributed by atoms with Crippen molar-refractivity contribution in [1.82, 2.24) is 15.2 Å². The van der Waals surface area contributed by atoms with Crippen LogP contribution in [0, 0.1) is 0 Å². The zero-order valence-electron chi connectivity index (χ0n) is 14.6. The predicted octanol–water partition coefficient (Wildman–Crippen LogP) is 2.75. The molecule has 0 unspecified atom stereocenters. The molecule has 4 nitrogen and oxygen atoms in total. The summed E-state index contributed by atoms with van der Waals surface area (Å²) < 4.78 is 0. The highest BCUT2D eigenvalue weighted by Crippen LogP contribution is 2.12. The van der Waals surface area contributed by atoms with Gasteiger partial charge >= 0.3 is 0 Å². The Labute approximate surface area is 130 Å². The van der Waals surface area contributed by atoms with E-state index in [0.29, 0.717) is 0 Å². The Bertz CT molecular complexity index is 409. The molecule has 0 aliphatic heterocycles. The third kappa shape index (κ3) is 7.44. The highest BCUT2D eigenvalue weighted by atomic mass is 15.2. The molecule has 1 aromatic rings. The fourth-order valence-corrected chi connectivity index (χ4v) is 2.11. The van der Waals surface area contributed by atoms with Gasteiger partial charge in [0.2, 0.25) is 0 Å². The van der Waals surface area contributed by atoms with Gasteiger partial charge in [0.15, 0.2) is 0 Å². The van der Waals surface area contributed by atoms with Gasteiger partial charge in [-0.25, -0.2) is 4.98 Å². The molecule has 0 saturated heterocycles. The van der Waals surface area contributed by atoms with Crippen LogP contribution >= 0.6 is 0 Å². The molecule has 0 radical (unpaired) electrons. The van der Waals surface area contributed by atoms with Crippen molar-refractivity contribution in [1.29, 1.82) is 0 Å². The van der Waals surface area contributed by atoms with Crippen molar-refractivity contribution < 1.29 is 0 Å². The molecule has 120 valence electrons. The Hall–Kier alpha value is -1.13. The molecular formula is C17H32N4. The summed E-state index contributed by atoms with van der Waals surface area (Å²) in [4.78, 5) is 9.37. The van der Waals surface area contributed by atoms with E-state index in [2.05, 4.69) is 75.1 Å². The van der Waals surface area contributed by atoms with Gasteiger partial charge in [-0.15, -0.1) is 0 Å². The van der Waals surface area contributed by atoms with Gasteiger partial charge in [-0.3, -0.25) is 0 Å². The number of aromatic nitrogens is 1. The second-order valence-electron chi connectivity index (χ2n) is 6.83. The molecular weight excluding hydrogens is 260 g/mol. The van der Waals surface area contributed by atoms with E-state index in [0.717, 1.165) is 44.1 Å². The lowest BCUT2D eigenvalue weighted by atomic mass is 10.1. The molecule has 0 aliphatic carbocycles. The summed E-state index contributed by atoms with van der Waals surface area (Å²) in [5.41, 5.74) is 1.22. The minimum absolute atomic E-state index is 0.119. The van der Waals surface area contributed by atoms with E-state index >= 15 is 0 Å². The maximum atomic E-state index is 4.79. The summed E-state index contributed by atoms with van der Waals surface area (Å²) in [5, 5.41) is 3.49. The van der Waals surface area contributed by atoms with Crippen LogP contribution < -0.4 is 10.2 Å². The number of rotatable bonds is 8. The van der Waals surface area contributed by atoms with Crippen LogP contribution in [0.5, 0.6) is 0 Å². The largest absolute Gasteiger partial charge is 0.357 e. The van der Waals surface area contributed by atoms with E-state index in [1.54, 1.807) is 0 Å². The second-order valence-corrected chi connectivity index (χ2v) is 6.83. The quantitative estimate of drug-likeness (QED) is 0.798. The number of hydrogen-bond donors (Lipinski definition) is 1. The standard InChI is InChI=1S/C17H32N4/c1-7-21(13-9-12-20(5)6)16-11-8-10-15(19-16)14-18-17(2,3)4/h8,10-11,18H,7,9,12-14H2,1-6H3. The first-order valence-corrected chi connectivity index (χ1v) is 7.92. The Morgan fingerprint density at radius 1 is 1.14 bits per heavy atom. The SMILES string of the molecule is CCN(CCCN(C)C)c1cccc(CNC(C)(C)C)n1.